The van der Waals surface area contributed by atoms with Gasteiger partial charge in [-0.15, -0.1) is 10.2 Å². The first-order valence-corrected chi connectivity index (χ1v) is 13.1. The molecule has 0 saturated carbocycles. The van der Waals surface area contributed by atoms with Crippen LogP contribution >= 0.6 is 35.0 Å². The van der Waals surface area contributed by atoms with E-state index in [9.17, 15) is 4.79 Å². The third-order valence-corrected chi connectivity index (χ3v) is 6.90. The summed E-state index contributed by atoms with van der Waals surface area (Å²) in [5, 5.41) is 13.1. The van der Waals surface area contributed by atoms with Gasteiger partial charge in [0.2, 0.25) is 0 Å². The lowest BCUT2D eigenvalue weighted by molar-refractivity contribution is -0.118. The smallest absolute Gasteiger partial charge is 0.277 e. The molecular formula is C26H25Cl2N5O3S. The maximum atomic E-state index is 12.3. The average molecular weight is 558 g/mol. The van der Waals surface area contributed by atoms with E-state index in [0.717, 1.165) is 34.4 Å². The number of para-hydroxylation sites is 1. The molecule has 0 unspecified atom stereocenters. The Kier molecular flexibility index (Phi) is 8.58. The Morgan fingerprint density at radius 3 is 2.62 bits per heavy atom. The van der Waals surface area contributed by atoms with Gasteiger partial charge in [-0.25, -0.2) is 5.43 Å². The molecule has 1 amide bonds. The van der Waals surface area contributed by atoms with Crippen molar-refractivity contribution in [3.63, 3.8) is 0 Å². The van der Waals surface area contributed by atoms with Crippen molar-refractivity contribution in [3.8, 4) is 11.4 Å². The summed E-state index contributed by atoms with van der Waals surface area (Å²) < 4.78 is 13.3. The number of ether oxygens (including phenoxy) is 1. The van der Waals surface area contributed by atoms with Gasteiger partial charge in [-0.05, 0) is 63.1 Å². The molecule has 2 aromatic carbocycles. The summed E-state index contributed by atoms with van der Waals surface area (Å²) in [6.07, 6.45) is 1.65. The predicted molar refractivity (Wildman–Crippen MR) is 146 cm³/mol. The van der Waals surface area contributed by atoms with Gasteiger partial charge in [0.05, 0.1) is 22.7 Å². The summed E-state index contributed by atoms with van der Waals surface area (Å²) in [5.41, 5.74) is 9.16. The van der Waals surface area contributed by atoms with Gasteiger partial charge in [0, 0.05) is 22.0 Å². The number of benzene rings is 2. The predicted octanol–water partition coefficient (Wildman–Crippen LogP) is 6.22. The van der Waals surface area contributed by atoms with E-state index >= 15 is 0 Å². The van der Waals surface area contributed by atoms with Gasteiger partial charge in [-0.3, -0.25) is 4.79 Å². The Balaban J connectivity index is 1.29. The Labute approximate surface area is 229 Å². The van der Waals surface area contributed by atoms with Crippen molar-refractivity contribution in [1.29, 1.82) is 0 Å². The van der Waals surface area contributed by atoms with Gasteiger partial charge in [0.1, 0.15) is 5.75 Å². The zero-order valence-electron chi connectivity index (χ0n) is 20.7. The molecule has 2 heterocycles. The zero-order chi connectivity index (χ0) is 26.5. The van der Waals surface area contributed by atoms with Crippen molar-refractivity contribution in [2.24, 2.45) is 5.10 Å². The lowest BCUT2D eigenvalue weighted by atomic mass is 10.1. The number of carbonyl (C=O) groups is 1. The van der Waals surface area contributed by atoms with Crippen LogP contribution in [-0.4, -0.2) is 32.6 Å². The van der Waals surface area contributed by atoms with Crippen molar-refractivity contribution in [3.05, 3.63) is 86.5 Å². The van der Waals surface area contributed by atoms with Crippen molar-refractivity contribution in [1.82, 2.24) is 20.2 Å². The fraction of sp³-hybridized carbons (Fsp3) is 0.231. The van der Waals surface area contributed by atoms with Crippen molar-refractivity contribution in [2.45, 2.75) is 39.5 Å². The van der Waals surface area contributed by atoms with E-state index in [0.29, 0.717) is 15.8 Å². The Hall–Kier alpha value is -3.27. The van der Waals surface area contributed by atoms with Gasteiger partial charge in [-0.1, -0.05) is 53.2 Å². The second kappa shape index (κ2) is 11.9. The summed E-state index contributed by atoms with van der Waals surface area (Å²) in [6, 6.07) is 13.2. The maximum absolute atomic E-state index is 12.3. The fourth-order valence-electron chi connectivity index (χ4n) is 3.84. The molecule has 0 aliphatic rings. The van der Waals surface area contributed by atoms with Gasteiger partial charge in [-0.2, -0.15) is 5.10 Å². The van der Waals surface area contributed by atoms with Crippen LogP contribution in [0.25, 0.3) is 5.69 Å². The summed E-state index contributed by atoms with van der Waals surface area (Å²) >= 11 is 13.1. The van der Waals surface area contributed by atoms with E-state index in [4.69, 9.17) is 32.4 Å². The molecule has 2 aromatic heterocycles. The van der Waals surface area contributed by atoms with E-state index in [2.05, 4.69) is 64.3 Å². The minimum absolute atomic E-state index is 0.0336. The summed E-state index contributed by atoms with van der Waals surface area (Å²) in [5.74, 6) is 0.468. The maximum Gasteiger partial charge on any atom is 0.277 e. The van der Waals surface area contributed by atoms with Crippen LogP contribution in [-0.2, 0) is 11.4 Å². The molecule has 0 spiro atoms. The van der Waals surface area contributed by atoms with E-state index in [1.165, 1.54) is 11.1 Å². The van der Waals surface area contributed by atoms with Gasteiger partial charge < -0.3 is 13.7 Å². The molecule has 11 heteroatoms. The Morgan fingerprint density at radius 2 is 1.89 bits per heavy atom. The van der Waals surface area contributed by atoms with Crippen LogP contribution in [0.1, 0.15) is 34.0 Å². The average Bonchev–Trinajstić information content (AvgIpc) is 3.41. The van der Waals surface area contributed by atoms with Gasteiger partial charge in [0.15, 0.2) is 6.61 Å². The molecule has 0 saturated heterocycles. The molecule has 0 aliphatic heterocycles. The molecule has 37 heavy (non-hydrogen) atoms. The minimum atomic E-state index is -0.297. The number of nitrogens with zero attached hydrogens (tertiary/aromatic N) is 4. The Bertz CT molecular complexity index is 1440. The number of carbonyl (C=O) groups excluding carboxylic acids is 1. The second-order valence-electron chi connectivity index (χ2n) is 8.31. The van der Waals surface area contributed by atoms with Crippen LogP contribution in [0.4, 0.5) is 0 Å². The number of thioether (sulfide) groups is 1. The van der Waals surface area contributed by atoms with Crippen LogP contribution in [0.15, 0.2) is 57.2 Å². The minimum Gasteiger partial charge on any atom is -0.482 e. The highest BCUT2D eigenvalue weighted by atomic mass is 35.5. The highest BCUT2D eigenvalue weighted by molar-refractivity contribution is 7.99. The van der Waals surface area contributed by atoms with Crippen LogP contribution < -0.4 is 10.2 Å². The Morgan fingerprint density at radius 1 is 1.14 bits per heavy atom. The molecule has 0 radical (unpaired) electrons. The van der Waals surface area contributed by atoms with Crippen LogP contribution in [0, 0.1) is 27.7 Å². The first-order valence-electron chi connectivity index (χ1n) is 11.3. The molecule has 4 rings (SSSR count). The molecule has 4 aromatic rings. The van der Waals surface area contributed by atoms with E-state index < -0.39 is 0 Å². The molecule has 8 nitrogen and oxygen atoms in total. The number of nitrogens with one attached hydrogen (secondary N) is 1. The number of amides is 1. The number of aryl methyl sites for hydroxylation is 3. The molecular weight excluding hydrogens is 533 g/mol. The first kappa shape index (κ1) is 26.8. The number of hydrogen-bond acceptors (Lipinski definition) is 7. The van der Waals surface area contributed by atoms with Crippen molar-refractivity contribution < 1.29 is 13.9 Å². The molecule has 0 bridgehead atoms. The third kappa shape index (κ3) is 6.54. The SMILES string of the molecule is Cc1cccc(C)c1-n1c(C)cc(/C=N\NC(=O)CSc2nnc(COc3ccc(Cl)cc3Cl)o2)c1C. The number of hydrogen-bond donors (Lipinski definition) is 1. The van der Waals surface area contributed by atoms with Crippen molar-refractivity contribution in [2.75, 3.05) is 5.75 Å². The number of rotatable bonds is 9. The van der Waals surface area contributed by atoms with Crippen molar-refractivity contribution >= 4 is 47.1 Å². The molecule has 0 aliphatic carbocycles. The third-order valence-electron chi connectivity index (χ3n) is 5.55. The molecule has 1 N–H and O–H groups in total. The van der Waals surface area contributed by atoms with Crippen LogP contribution in [0.5, 0.6) is 5.75 Å². The quantitative estimate of drug-likeness (QED) is 0.149. The summed E-state index contributed by atoms with van der Waals surface area (Å²) in [7, 11) is 0. The first-order chi connectivity index (χ1) is 17.7. The lowest BCUT2D eigenvalue weighted by Crippen LogP contribution is -2.19. The topological polar surface area (TPSA) is 94.5 Å². The largest absolute Gasteiger partial charge is 0.482 e. The monoisotopic (exact) mass is 557 g/mol. The number of halogens is 2. The zero-order valence-corrected chi connectivity index (χ0v) is 23.0. The van der Waals surface area contributed by atoms with E-state index in [1.807, 2.05) is 13.0 Å². The normalized spacial score (nSPS) is 11.3. The second-order valence-corrected chi connectivity index (χ2v) is 10.1. The van der Waals surface area contributed by atoms with Crippen LogP contribution in [0.3, 0.4) is 0 Å². The van der Waals surface area contributed by atoms with Crippen LogP contribution in [0.2, 0.25) is 10.0 Å². The molecule has 0 atom stereocenters. The van der Waals surface area contributed by atoms with E-state index in [-0.39, 0.29) is 29.4 Å². The van der Waals surface area contributed by atoms with Gasteiger partial charge in [0.25, 0.3) is 17.0 Å². The standard InChI is InChI=1S/C26H25Cl2N5O3S/c1-15-6-5-7-16(2)25(15)33-17(3)10-19(18(33)4)12-29-30-23(34)14-37-26-32-31-24(36-26)13-35-22-9-8-20(27)11-21(22)28/h5-12H,13-14H2,1-4H3,(H,30,34)/b29-12-. The summed E-state index contributed by atoms with van der Waals surface area (Å²) in [6.45, 7) is 8.32. The van der Waals surface area contributed by atoms with E-state index in [1.54, 1.807) is 24.4 Å². The highest BCUT2D eigenvalue weighted by Crippen LogP contribution is 2.28. The molecule has 192 valence electrons. The fourth-order valence-corrected chi connectivity index (χ4v) is 4.88. The number of hydrazone groups is 1. The summed E-state index contributed by atoms with van der Waals surface area (Å²) in [4.78, 5) is 12.3. The number of aromatic nitrogens is 3. The van der Waals surface area contributed by atoms with Gasteiger partial charge >= 0.3 is 0 Å². The highest BCUT2D eigenvalue weighted by Gasteiger charge is 2.14. The lowest BCUT2D eigenvalue weighted by Gasteiger charge is -2.15. The molecule has 0 fully saturated rings.